The van der Waals surface area contributed by atoms with Crippen LogP contribution in [0.3, 0.4) is 0 Å². The first-order chi connectivity index (χ1) is 7.95. The predicted molar refractivity (Wildman–Crippen MR) is 70.1 cm³/mol. The highest BCUT2D eigenvalue weighted by Gasteiger charge is 2.26. The summed E-state index contributed by atoms with van der Waals surface area (Å²) >= 11 is 0. The SMILES string of the molecule is C#CCN(Cc1ccccc1)C(=O)C(C)(C)C. The van der Waals surface area contributed by atoms with Gasteiger partial charge in [-0.2, -0.15) is 0 Å². The molecule has 17 heavy (non-hydrogen) atoms. The van der Waals surface area contributed by atoms with Crippen LogP contribution in [0.1, 0.15) is 26.3 Å². The van der Waals surface area contributed by atoms with Gasteiger partial charge in [-0.1, -0.05) is 57.0 Å². The fraction of sp³-hybridized carbons (Fsp3) is 0.400. The standard InChI is InChI=1S/C15H19NO/c1-5-11-16(14(17)15(2,3)4)12-13-9-7-6-8-10-13/h1,6-10H,11-12H2,2-4H3. The van der Waals surface area contributed by atoms with Crippen molar-refractivity contribution in [2.45, 2.75) is 27.3 Å². The molecule has 0 saturated heterocycles. The average molecular weight is 229 g/mol. The number of hydrogen-bond acceptors (Lipinski definition) is 1. The van der Waals surface area contributed by atoms with E-state index in [1.54, 1.807) is 4.90 Å². The second kappa shape index (κ2) is 5.54. The number of benzene rings is 1. The van der Waals surface area contributed by atoms with E-state index in [1.165, 1.54) is 0 Å². The van der Waals surface area contributed by atoms with Crippen LogP contribution in [0.25, 0.3) is 0 Å². The molecule has 1 aromatic carbocycles. The number of carbonyl (C=O) groups excluding carboxylic acids is 1. The molecule has 90 valence electrons. The van der Waals surface area contributed by atoms with Crippen molar-refractivity contribution in [3.8, 4) is 12.3 Å². The topological polar surface area (TPSA) is 20.3 Å². The minimum absolute atomic E-state index is 0.0827. The zero-order valence-corrected chi connectivity index (χ0v) is 10.7. The van der Waals surface area contributed by atoms with Gasteiger partial charge in [0.1, 0.15) is 0 Å². The average Bonchev–Trinajstić information content (AvgIpc) is 2.28. The van der Waals surface area contributed by atoms with E-state index in [2.05, 4.69) is 5.92 Å². The molecule has 0 bridgehead atoms. The molecule has 0 aromatic heterocycles. The molecule has 0 heterocycles. The second-order valence-electron chi connectivity index (χ2n) is 5.10. The Morgan fingerprint density at radius 1 is 1.29 bits per heavy atom. The van der Waals surface area contributed by atoms with E-state index in [-0.39, 0.29) is 5.91 Å². The van der Waals surface area contributed by atoms with Crippen LogP contribution < -0.4 is 0 Å². The molecule has 1 amide bonds. The normalized spacial score (nSPS) is 10.7. The lowest BCUT2D eigenvalue weighted by Gasteiger charge is -2.28. The summed E-state index contributed by atoms with van der Waals surface area (Å²) in [5.41, 5.74) is 0.700. The van der Waals surface area contributed by atoms with Gasteiger partial charge in [0.05, 0.1) is 6.54 Å². The Balaban J connectivity index is 2.81. The number of carbonyl (C=O) groups is 1. The van der Waals surface area contributed by atoms with Gasteiger partial charge in [0.2, 0.25) is 5.91 Å². The third-order valence-electron chi connectivity index (χ3n) is 2.43. The maximum absolute atomic E-state index is 12.2. The van der Waals surface area contributed by atoms with Gasteiger partial charge in [-0.25, -0.2) is 0 Å². The van der Waals surface area contributed by atoms with Crippen LogP contribution in [-0.2, 0) is 11.3 Å². The zero-order chi connectivity index (χ0) is 12.9. The molecule has 0 radical (unpaired) electrons. The Morgan fingerprint density at radius 3 is 2.35 bits per heavy atom. The first kappa shape index (κ1) is 13.3. The van der Waals surface area contributed by atoms with Crippen LogP contribution in [0.15, 0.2) is 30.3 Å². The molecular formula is C15H19NO. The Labute approximate surface area is 104 Å². The first-order valence-electron chi connectivity index (χ1n) is 5.72. The maximum atomic E-state index is 12.2. The van der Waals surface area contributed by atoms with Crippen molar-refractivity contribution < 1.29 is 4.79 Å². The van der Waals surface area contributed by atoms with Gasteiger partial charge in [-0.05, 0) is 5.56 Å². The lowest BCUT2D eigenvalue weighted by molar-refractivity contribution is -0.139. The van der Waals surface area contributed by atoms with Crippen LogP contribution in [-0.4, -0.2) is 17.4 Å². The molecular weight excluding hydrogens is 210 g/mol. The van der Waals surface area contributed by atoms with Crippen LogP contribution in [0.5, 0.6) is 0 Å². The Hall–Kier alpha value is -1.75. The smallest absolute Gasteiger partial charge is 0.229 e. The second-order valence-corrected chi connectivity index (χ2v) is 5.10. The summed E-state index contributed by atoms with van der Waals surface area (Å²) in [4.78, 5) is 13.9. The number of rotatable bonds is 3. The fourth-order valence-electron chi connectivity index (χ4n) is 1.59. The summed E-state index contributed by atoms with van der Waals surface area (Å²) < 4.78 is 0. The van der Waals surface area contributed by atoms with E-state index in [4.69, 9.17) is 6.42 Å². The minimum atomic E-state index is -0.397. The summed E-state index contributed by atoms with van der Waals surface area (Å²) in [5.74, 6) is 2.63. The highest BCUT2D eigenvalue weighted by Crippen LogP contribution is 2.18. The summed E-state index contributed by atoms with van der Waals surface area (Å²) in [6.07, 6.45) is 5.32. The van der Waals surface area contributed by atoms with Gasteiger partial charge < -0.3 is 4.90 Å². The maximum Gasteiger partial charge on any atom is 0.229 e. The van der Waals surface area contributed by atoms with Crippen molar-refractivity contribution in [2.75, 3.05) is 6.54 Å². The van der Waals surface area contributed by atoms with E-state index in [1.807, 2.05) is 51.1 Å². The number of terminal acetylenes is 1. The third kappa shape index (κ3) is 3.96. The van der Waals surface area contributed by atoms with E-state index < -0.39 is 5.41 Å². The van der Waals surface area contributed by atoms with Crippen molar-refractivity contribution in [2.24, 2.45) is 5.41 Å². The summed E-state index contributed by atoms with van der Waals surface area (Å²) in [5, 5.41) is 0. The summed E-state index contributed by atoms with van der Waals surface area (Å²) in [6.45, 7) is 6.64. The van der Waals surface area contributed by atoms with E-state index in [0.717, 1.165) is 5.56 Å². The largest absolute Gasteiger partial charge is 0.327 e. The Morgan fingerprint density at radius 2 is 1.88 bits per heavy atom. The van der Waals surface area contributed by atoms with Gasteiger partial charge in [0, 0.05) is 12.0 Å². The van der Waals surface area contributed by atoms with E-state index in [9.17, 15) is 4.79 Å². The first-order valence-corrected chi connectivity index (χ1v) is 5.72. The highest BCUT2D eigenvalue weighted by atomic mass is 16.2. The molecule has 0 aliphatic heterocycles. The number of hydrogen-bond donors (Lipinski definition) is 0. The third-order valence-corrected chi connectivity index (χ3v) is 2.43. The predicted octanol–water partition coefficient (Wildman–Crippen LogP) is 2.69. The molecule has 0 aliphatic rings. The summed E-state index contributed by atoms with van der Waals surface area (Å²) in [6, 6.07) is 9.88. The van der Waals surface area contributed by atoms with Gasteiger partial charge in [0.15, 0.2) is 0 Å². The fourth-order valence-corrected chi connectivity index (χ4v) is 1.59. The molecule has 2 nitrogen and oxygen atoms in total. The Kier molecular flexibility index (Phi) is 4.34. The van der Waals surface area contributed by atoms with Crippen molar-refractivity contribution in [1.29, 1.82) is 0 Å². The molecule has 1 rings (SSSR count). The van der Waals surface area contributed by atoms with Crippen LogP contribution >= 0.6 is 0 Å². The zero-order valence-electron chi connectivity index (χ0n) is 10.7. The van der Waals surface area contributed by atoms with Gasteiger partial charge >= 0.3 is 0 Å². The highest BCUT2D eigenvalue weighted by molar-refractivity contribution is 5.81. The van der Waals surface area contributed by atoms with Crippen molar-refractivity contribution >= 4 is 5.91 Å². The molecule has 0 fully saturated rings. The molecule has 0 saturated carbocycles. The quantitative estimate of drug-likeness (QED) is 0.730. The number of nitrogens with zero attached hydrogens (tertiary/aromatic N) is 1. The molecule has 0 N–H and O–H groups in total. The van der Waals surface area contributed by atoms with Crippen molar-refractivity contribution in [3.05, 3.63) is 35.9 Å². The number of amides is 1. The van der Waals surface area contributed by atoms with Gasteiger partial charge in [-0.3, -0.25) is 4.79 Å². The van der Waals surface area contributed by atoms with Gasteiger partial charge in [-0.15, -0.1) is 6.42 Å². The lowest BCUT2D eigenvalue weighted by Crippen LogP contribution is -2.39. The van der Waals surface area contributed by atoms with Crippen LogP contribution in [0.2, 0.25) is 0 Å². The Bertz CT molecular complexity index is 409. The molecule has 2 heteroatoms. The summed E-state index contributed by atoms with van der Waals surface area (Å²) in [7, 11) is 0. The van der Waals surface area contributed by atoms with Gasteiger partial charge in [0.25, 0.3) is 0 Å². The van der Waals surface area contributed by atoms with E-state index in [0.29, 0.717) is 13.1 Å². The van der Waals surface area contributed by atoms with Crippen LogP contribution in [0, 0.1) is 17.8 Å². The van der Waals surface area contributed by atoms with Crippen molar-refractivity contribution in [1.82, 2.24) is 4.90 Å². The lowest BCUT2D eigenvalue weighted by atomic mass is 9.94. The molecule has 0 spiro atoms. The monoisotopic (exact) mass is 229 g/mol. The minimum Gasteiger partial charge on any atom is -0.327 e. The molecule has 0 unspecified atom stereocenters. The van der Waals surface area contributed by atoms with E-state index >= 15 is 0 Å². The van der Waals surface area contributed by atoms with Crippen molar-refractivity contribution in [3.63, 3.8) is 0 Å². The molecule has 1 aromatic rings. The molecule has 0 atom stereocenters. The van der Waals surface area contributed by atoms with Crippen LogP contribution in [0.4, 0.5) is 0 Å². The molecule has 0 aliphatic carbocycles.